The van der Waals surface area contributed by atoms with Gasteiger partial charge in [-0.2, -0.15) is 0 Å². The maximum Gasteiger partial charge on any atom is 0.321 e. The highest BCUT2D eigenvalue weighted by atomic mass is 35.5. The molecule has 0 aliphatic rings. The van der Waals surface area contributed by atoms with Crippen LogP contribution in [0.2, 0.25) is 5.02 Å². The number of hydrogen-bond donors (Lipinski definition) is 3. The van der Waals surface area contributed by atoms with Crippen LogP contribution in [-0.4, -0.2) is 28.8 Å². The van der Waals surface area contributed by atoms with Gasteiger partial charge in [0.05, 0.1) is 5.02 Å². The van der Waals surface area contributed by atoms with Gasteiger partial charge in [-0.3, -0.25) is 4.79 Å². The number of unbranched alkanes of at least 4 members (excludes halogenated alkanes) is 9. The number of phenols is 1. The number of aromatic hydroxyl groups is 1. The van der Waals surface area contributed by atoms with Gasteiger partial charge in [0.15, 0.2) is 0 Å². The van der Waals surface area contributed by atoms with Gasteiger partial charge in [-0.1, -0.05) is 87.4 Å². The maximum atomic E-state index is 11.5. The van der Waals surface area contributed by atoms with E-state index in [2.05, 4.69) is 36.5 Å². The Morgan fingerprint density at radius 3 is 2.22 bits per heavy atom. The fourth-order valence-electron chi connectivity index (χ4n) is 3.55. The van der Waals surface area contributed by atoms with Crippen molar-refractivity contribution < 1.29 is 15.0 Å². The standard InChI is InChI=1S/C27H42ClNO3/c1-2-3-4-5-6-7-8-9-10-11-12-13-14-15-16-17-20-29-25(27(31)32)22-23-18-19-26(30)24(28)21-23/h6-7,9-10,18-19,21,25,29-30H,2-5,8,11-17,20,22H2,1H3,(H,31,32)/b7-6-,10-9-/t25-/m0/s1. The second-order valence-electron chi connectivity index (χ2n) is 8.42. The summed E-state index contributed by atoms with van der Waals surface area (Å²) in [7, 11) is 0. The van der Waals surface area contributed by atoms with E-state index in [0.717, 1.165) is 31.2 Å². The molecule has 0 saturated carbocycles. The van der Waals surface area contributed by atoms with E-state index in [1.165, 1.54) is 57.4 Å². The average molecular weight is 464 g/mol. The van der Waals surface area contributed by atoms with Crippen LogP contribution in [0.3, 0.4) is 0 Å². The minimum Gasteiger partial charge on any atom is -0.506 e. The fraction of sp³-hybridized carbons (Fsp3) is 0.593. The molecule has 3 N–H and O–H groups in total. The molecule has 0 saturated heterocycles. The number of rotatable bonds is 19. The van der Waals surface area contributed by atoms with Crippen molar-refractivity contribution in [3.8, 4) is 5.75 Å². The molecule has 0 spiro atoms. The number of carbonyl (C=O) groups is 1. The molecule has 0 unspecified atom stereocenters. The molecule has 0 bridgehead atoms. The van der Waals surface area contributed by atoms with Crippen molar-refractivity contribution >= 4 is 17.6 Å². The zero-order chi connectivity index (χ0) is 23.4. The third kappa shape index (κ3) is 14.3. The molecule has 1 aromatic carbocycles. The van der Waals surface area contributed by atoms with Crippen LogP contribution >= 0.6 is 11.6 Å². The van der Waals surface area contributed by atoms with Crippen LogP contribution < -0.4 is 5.32 Å². The minimum absolute atomic E-state index is 0.0107. The molecule has 1 rings (SSSR count). The molecular weight excluding hydrogens is 422 g/mol. The van der Waals surface area contributed by atoms with Crippen LogP contribution in [-0.2, 0) is 11.2 Å². The first kappa shape index (κ1) is 28.3. The normalized spacial score (nSPS) is 12.7. The summed E-state index contributed by atoms with van der Waals surface area (Å²) in [6.07, 6.45) is 23.8. The van der Waals surface area contributed by atoms with Crippen LogP contribution in [0.25, 0.3) is 0 Å². The van der Waals surface area contributed by atoms with Crippen LogP contribution in [0, 0.1) is 0 Å². The summed E-state index contributed by atoms with van der Waals surface area (Å²) in [5, 5.41) is 22.3. The van der Waals surface area contributed by atoms with E-state index in [0.29, 0.717) is 13.0 Å². The van der Waals surface area contributed by atoms with Gasteiger partial charge in [0, 0.05) is 0 Å². The predicted octanol–water partition coefficient (Wildman–Crippen LogP) is 7.44. The summed E-state index contributed by atoms with van der Waals surface area (Å²) in [6.45, 7) is 2.93. The highest BCUT2D eigenvalue weighted by Gasteiger charge is 2.17. The molecule has 0 aliphatic carbocycles. The largest absolute Gasteiger partial charge is 0.506 e. The SMILES string of the molecule is CCCCC/C=C\C/C=C\CCCCCCCCN[C@@H](Cc1ccc(O)c(Cl)c1)C(=O)O. The molecule has 32 heavy (non-hydrogen) atoms. The average Bonchev–Trinajstić information content (AvgIpc) is 2.77. The smallest absolute Gasteiger partial charge is 0.321 e. The lowest BCUT2D eigenvalue weighted by Crippen LogP contribution is -2.39. The fourth-order valence-corrected chi connectivity index (χ4v) is 3.75. The Labute approximate surface area is 199 Å². The third-order valence-corrected chi connectivity index (χ3v) is 5.82. The Morgan fingerprint density at radius 1 is 0.969 bits per heavy atom. The highest BCUT2D eigenvalue weighted by Crippen LogP contribution is 2.24. The molecular formula is C27H42ClNO3. The van der Waals surface area contributed by atoms with Gasteiger partial charge in [0.1, 0.15) is 11.8 Å². The number of hydrogen-bond acceptors (Lipinski definition) is 3. The van der Waals surface area contributed by atoms with Crippen LogP contribution in [0.1, 0.15) is 89.5 Å². The first-order valence-electron chi connectivity index (χ1n) is 12.3. The number of phenolic OH excluding ortho intramolecular Hbond substituents is 1. The van der Waals surface area contributed by atoms with E-state index in [1.807, 2.05) is 0 Å². The highest BCUT2D eigenvalue weighted by molar-refractivity contribution is 6.32. The Hall–Kier alpha value is -1.78. The summed E-state index contributed by atoms with van der Waals surface area (Å²) < 4.78 is 0. The molecule has 0 amide bonds. The van der Waals surface area contributed by atoms with E-state index in [1.54, 1.807) is 12.1 Å². The van der Waals surface area contributed by atoms with Crippen LogP contribution in [0.15, 0.2) is 42.5 Å². The molecule has 0 fully saturated rings. The summed E-state index contributed by atoms with van der Waals surface area (Å²) in [4.78, 5) is 11.5. The lowest BCUT2D eigenvalue weighted by molar-refractivity contribution is -0.139. The predicted molar refractivity (Wildman–Crippen MR) is 136 cm³/mol. The topological polar surface area (TPSA) is 69.6 Å². The van der Waals surface area contributed by atoms with E-state index in [4.69, 9.17) is 11.6 Å². The summed E-state index contributed by atoms with van der Waals surface area (Å²) >= 11 is 5.91. The van der Waals surface area contributed by atoms with E-state index >= 15 is 0 Å². The number of carboxylic acid groups (broad SMARTS) is 1. The quantitative estimate of drug-likeness (QED) is 0.147. The first-order valence-corrected chi connectivity index (χ1v) is 12.7. The van der Waals surface area contributed by atoms with E-state index in [9.17, 15) is 15.0 Å². The molecule has 0 aromatic heterocycles. The number of halogens is 1. The van der Waals surface area contributed by atoms with Crippen molar-refractivity contribution in [2.24, 2.45) is 0 Å². The van der Waals surface area contributed by atoms with Crippen molar-refractivity contribution in [3.05, 3.63) is 53.1 Å². The Morgan fingerprint density at radius 2 is 1.59 bits per heavy atom. The van der Waals surface area contributed by atoms with Gasteiger partial charge in [0.2, 0.25) is 0 Å². The molecule has 5 heteroatoms. The summed E-state index contributed by atoms with van der Waals surface area (Å²) in [6, 6.07) is 4.18. The number of carboxylic acids is 1. The van der Waals surface area contributed by atoms with Crippen molar-refractivity contribution in [3.63, 3.8) is 0 Å². The summed E-state index contributed by atoms with van der Waals surface area (Å²) in [5.74, 6) is -0.856. The Kier molecular flexibility index (Phi) is 16.6. The third-order valence-electron chi connectivity index (χ3n) is 5.52. The van der Waals surface area contributed by atoms with Gasteiger partial charge in [-0.25, -0.2) is 0 Å². The monoisotopic (exact) mass is 463 g/mol. The van der Waals surface area contributed by atoms with Crippen molar-refractivity contribution in [1.29, 1.82) is 0 Å². The number of allylic oxidation sites excluding steroid dienone is 4. The summed E-state index contributed by atoms with van der Waals surface area (Å²) in [5.41, 5.74) is 0.796. The first-order chi connectivity index (χ1) is 15.5. The molecule has 0 heterocycles. The molecule has 180 valence electrons. The molecule has 0 aliphatic heterocycles. The Balaban J connectivity index is 2.02. The molecule has 4 nitrogen and oxygen atoms in total. The van der Waals surface area contributed by atoms with Crippen molar-refractivity contribution in [1.82, 2.24) is 5.32 Å². The number of nitrogens with one attached hydrogen (secondary N) is 1. The van der Waals surface area contributed by atoms with Gasteiger partial charge in [-0.15, -0.1) is 0 Å². The minimum atomic E-state index is -0.866. The molecule has 1 atom stereocenters. The zero-order valence-corrected chi connectivity index (χ0v) is 20.5. The van der Waals surface area contributed by atoms with Gasteiger partial charge in [-0.05, 0) is 69.2 Å². The lowest BCUT2D eigenvalue weighted by atomic mass is 10.1. The molecule has 1 aromatic rings. The van der Waals surface area contributed by atoms with Gasteiger partial charge in [0.25, 0.3) is 0 Å². The molecule has 0 radical (unpaired) electrons. The van der Waals surface area contributed by atoms with E-state index < -0.39 is 12.0 Å². The second kappa shape index (κ2) is 18.8. The van der Waals surface area contributed by atoms with Crippen LogP contribution in [0.5, 0.6) is 5.75 Å². The zero-order valence-electron chi connectivity index (χ0n) is 19.7. The number of aliphatic carboxylic acids is 1. The number of benzene rings is 1. The maximum absolute atomic E-state index is 11.5. The van der Waals surface area contributed by atoms with Crippen LogP contribution in [0.4, 0.5) is 0 Å². The second-order valence-corrected chi connectivity index (χ2v) is 8.83. The van der Waals surface area contributed by atoms with Crippen molar-refractivity contribution in [2.75, 3.05) is 6.54 Å². The van der Waals surface area contributed by atoms with Gasteiger partial charge < -0.3 is 15.5 Å². The van der Waals surface area contributed by atoms with Gasteiger partial charge >= 0.3 is 5.97 Å². The lowest BCUT2D eigenvalue weighted by Gasteiger charge is -2.15. The Bertz CT molecular complexity index is 687. The van der Waals surface area contributed by atoms with Crippen molar-refractivity contribution in [2.45, 2.75) is 96.4 Å². The van der Waals surface area contributed by atoms with E-state index in [-0.39, 0.29) is 10.8 Å².